The number of benzene rings is 1. The number of carbonyl (C=O) groups excluding carboxylic acids is 3. The molecule has 1 aliphatic carbocycles. The van der Waals surface area contributed by atoms with Crippen LogP contribution in [0.4, 0.5) is 0 Å². The molecule has 158 valence electrons. The SMILES string of the molecule is CCc1ccc([C@@H](CNC(=O)CCN2C(=O)[C@H]3CCCC[C@@H]3C2=O)[NH+](C)C)cc1. The van der Waals surface area contributed by atoms with E-state index in [-0.39, 0.29) is 48.6 Å². The smallest absolute Gasteiger partial charge is 0.233 e. The Balaban J connectivity index is 1.51. The fourth-order valence-electron chi connectivity index (χ4n) is 4.61. The van der Waals surface area contributed by atoms with Gasteiger partial charge in [-0.25, -0.2) is 0 Å². The van der Waals surface area contributed by atoms with Crippen molar-refractivity contribution in [2.75, 3.05) is 27.2 Å². The first-order valence-electron chi connectivity index (χ1n) is 10.9. The standard InChI is InChI=1S/C23H33N3O3/c1-4-16-9-11-17(12-10-16)20(25(2)3)15-24-21(27)13-14-26-22(28)18-7-5-6-8-19(18)23(26)29/h9-12,18-20H,4-8,13-15H2,1-3H3,(H,24,27)/p+1/t18-,19-,20+/m0/s1. The molecule has 6 nitrogen and oxygen atoms in total. The number of likely N-dealkylation sites (tertiary alicyclic amines) is 1. The second-order valence-electron chi connectivity index (χ2n) is 8.60. The van der Waals surface area contributed by atoms with Crippen molar-refractivity contribution in [2.24, 2.45) is 11.8 Å². The zero-order chi connectivity index (χ0) is 21.0. The van der Waals surface area contributed by atoms with Crippen molar-refractivity contribution in [2.45, 2.75) is 51.5 Å². The Bertz CT molecular complexity index is 720. The molecule has 3 amide bonds. The first-order chi connectivity index (χ1) is 13.9. The molecule has 6 heteroatoms. The Morgan fingerprint density at radius 2 is 1.69 bits per heavy atom. The van der Waals surface area contributed by atoms with E-state index in [4.69, 9.17) is 0 Å². The molecule has 2 fully saturated rings. The molecule has 1 saturated heterocycles. The molecule has 1 aliphatic heterocycles. The summed E-state index contributed by atoms with van der Waals surface area (Å²) in [7, 11) is 4.15. The van der Waals surface area contributed by atoms with Gasteiger partial charge in [0, 0.05) is 18.5 Å². The number of aryl methyl sites for hydroxylation is 1. The van der Waals surface area contributed by atoms with Crippen LogP contribution in [0.3, 0.4) is 0 Å². The summed E-state index contributed by atoms with van der Waals surface area (Å²) in [5, 5.41) is 3.00. The van der Waals surface area contributed by atoms with Gasteiger partial charge in [0.25, 0.3) is 0 Å². The number of nitrogens with one attached hydrogen (secondary N) is 2. The van der Waals surface area contributed by atoms with Crippen LogP contribution in [0.5, 0.6) is 0 Å². The van der Waals surface area contributed by atoms with E-state index in [1.54, 1.807) is 0 Å². The molecule has 0 spiro atoms. The summed E-state index contributed by atoms with van der Waals surface area (Å²) in [5.41, 5.74) is 2.49. The number of fused-ring (bicyclic) bond motifs is 1. The summed E-state index contributed by atoms with van der Waals surface area (Å²) in [5.74, 6) is -0.547. The van der Waals surface area contributed by atoms with Crippen molar-refractivity contribution < 1.29 is 19.3 Å². The maximum atomic E-state index is 12.5. The number of carbonyl (C=O) groups is 3. The third kappa shape index (κ3) is 4.86. The number of quaternary nitrogens is 1. The summed E-state index contributed by atoms with van der Waals surface area (Å²) in [6, 6.07) is 8.69. The molecule has 0 aromatic heterocycles. The molecular formula is C23H34N3O3+. The van der Waals surface area contributed by atoms with E-state index in [1.165, 1.54) is 20.9 Å². The van der Waals surface area contributed by atoms with Gasteiger partial charge in [-0.2, -0.15) is 0 Å². The Labute approximate surface area is 173 Å². The van der Waals surface area contributed by atoms with E-state index >= 15 is 0 Å². The number of imide groups is 1. The normalized spacial score (nSPS) is 22.7. The molecule has 1 saturated carbocycles. The van der Waals surface area contributed by atoms with E-state index in [0.717, 1.165) is 32.1 Å². The van der Waals surface area contributed by atoms with Crippen molar-refractivity contribution in [1.82, 2.24) is 10.2 Å². The summed E-state index contributed by atoms with van der Waals surface area (Å²) >= 11 is 0. The minimum atomic E-state index is -0.146. The molecule has 2 aliphatic rings. The largest absolute Gasteiger partial charge is 0.350 e. The molecule has 29 heavy (non-hydrogen) atoms. The number of likely N-dealkylation sites (N-methyl/N-ethyl adjacent to an activating group) is 1. The Kier molecular flexibility index (Phi) is 7.06. The molecule has 2 N–H and O–H groups in total. The van der Waals surface area contributed by atoms with Gasteiger partial charge in [0.05, 0.1) is 32.5 Å². The average Bonchev–Trinajstić information content (AvgIpc) is 2.97. The quantitative estimate of drug-likeness (QED) is 0.643. The highest BCUT2D eigenvalue weighted by molar-refractivity contribution is 6.05. The Hall–Kier alpha value is -2.21. The van der Waals surface area contributed by atoms with E-state index in [1.807, 2.05) is 0 Å². The van der Waals surface area contributed by atoms with E-state index in [0.29, 0.717) is 6.54 Å². The predicted molar refractivity (Wildman–Crippen MR) is 111 cm³/mol. The number of rotatable bonds is 8. The van der Waals surface area contributed by atoms with Crippen LogP contribution in [-0.2, 0) is 20.8 Å². The highest BCUT2D eigenvalue weighted by Gasteiger charge is 2.47. The molecule has 3 atom stereocenters. The average molecular weight is 401 g/mol. The minimum Gasteiger partial charge on any atom is -0.350 e. The number of hydrogen-bond acceptors (Lipinski definition) is 3. The number of hydrogen-bond donors (Lipinski definition) is 2. The van der Waals surface area contributed by atoms with Crippen molar-refractivity contribution in [3.8, 4) is 0 Å². The van der Waals surface area contributed by atoms with Crippen LogP contribution in [0, 0.1) is 11.8 Å². The first kappa shape index (κ1) is 21.5. The lowest BCUT2D eigenvalue weighted by atomic mass is 9.81. The summed E-state index contributed by atoms with van der Waals surface area (Å²) in [6.45, 7) is 2.86. The van der Waals surface area contributed by atoms with Crippen LogP contribution in [0.25, 0.3) is 0 Å². The topological polar surface area (TPSA) is 70.9 Å². The minimum absolute atomic E-state index is 0.0703. The van der Waals surface area contributed by atoms with Gasteiger partial charge >= 0.3 is 0 Å². The third-order valence-corrected chi connectivity index (χ3v) is 6.49. The summed E-state index contributed by atoms with van der Waals surface area (Å²) in [4.78, 5) is 40.0. The molecule has 0 bridgehead atoms. The van der Waals surface area contributed by atoms with E-state index in [9.17, 15) is 14.4 Å². The van der Waals surface area contributed by atoms with Gasteiger partial charge in [0.15, 0.2) is 0 Å². The van der Waals surface area contributed by atoms with Gasteiger partial charge in [-0.3, -0.25) is 19.3 Å². The zero-order valence-corrected chi connectivity index (χ0v) is 17.9. The first-order valence-corrected chi connectivity index (χ1v) is 10.9. The van der Waals surface area contributed by atoms with Gasteiger partial charge in [0.1, 0.15) is 6.04 Å². The van der Waals surface area contributed by atoms with Crippen LogP contribution < -0.4 is 10.2 Å². The lowest BCUT2D eigenvalue weighted by molar-refractivity contribution is -0.890. The molecule has 0 radical (unpaired) electrons. The third-order valence-electron chi connectivity index (χ3n) is 6.49. The van der Waals surface area contributed by atoms with Crippen LogP contribution in [-0.4, -0.2) is 49.8 Å². The maximum Gasteiger partial charge on any atom is 0.233 e. The van der Waals surface area contributed by atoms with Crippen molar-refractivity contribution >= 4 is 17.7 Å². The van der Waals surface area contributed by atoms with Gasteiger partial charge in [0.2, 0.25) is 17.7 Å². The zero-order valence-electron chi connectivity index (χ0n) is 17.9. The van der Waals surface area contributed by atoms with Crippen molar-refractivity contribution in [3.05, 3.63) is 35.4 Å². The van der Waals surface area contributed by atoms with E-state index in [2.05, 4.69) is 50.6 Å². The highest BCUT2D eigenvalue weighted by Crippen LogP contribution is 2.37. The molecule has 1 heterocycles. The second kappa shape index (κ2) is 9.53. The maximum absolute atomic E-state index is 12.5. The fraction of sp³-hybridized carbons (Fsp3) is 0.609. The Morgan fingerprint density at radius 1 is 1.10 bits per heavy atom. The molecule has 1 aromatic rings. The highest BCUT2D eigenvalue weighted by atomic mass is 16.2. The van der Waals surface area contributed by atoms with Gasteiger partial charge in [-0.05, 0) is 24.8 Å². The second-order valence-corrected chi connectivity index (χ2v) is 8.60. The van der Waals surface area contributed by atoms with Gasteiger partial charge in [-0.15, -0.1) is 0 Å². The lowest BCUT2D eigenvalue weighted by Gasteiger charge is -2.23. The van der Waals surface area contributed by atoms with Crippen LogP contribution in [0.2, 0.25) is 0 Å². The number of nitrogens with zero attached hydrogens (tertiary/aromatic N) is 1. The predicted octanol–water partition coefficient (Wildman–Crippen LogP) is 1.12. The Morgan fingerprint density at radius 3 is 2.21 bits per heavy atom. The van der Waals surface area contributed by atoms with E-state index < -0.39 is 0 Å². The van der Waals surface area contributed by atoms with Crippen LogP contribution in [0.15, 0.2) is 24.3 Å². The van der Waals surface area contributed by atoms with Crippen molar-refractivity contribution in [3.63, 3.8) is 0 Å². The molecule has 3 rings (SSSR count). The number of amides is 3. The molecule has 1 aromatic carbocycles. The lowest BCUT2D eigenvalue weighted by Crippen LogP contribution is -3.07. The van der Waals surface area contributed by atoms with Crippen LogP contribution in [0.1, 0.15) is 56.2 Å². The summed E-state index contributed by atoms with van der Waals surface area (Å²) < 4.78 is 0. The van der Waals surface area contributed by atoms with Crippen LogP contribution >= 0.6 is 0 Å². The van der Waals surface area contributed by atoms with Gasteiger partial charge in [-0.1, -0.05) is 44.0 Å². The van der Waals surface area contributed by atoms with Crippen molar-refractivity contribution in [1.29, 1.82) is 0 Å². The van der Waals surface area contributed by atoms with Gasteiger partial charge < -0.3 is 10.2 Å². The monoisotopic (exact) mass is 400 g/mol. The summed E-state index contributed by atoms with van der Waals surface area (Å²) in [6.07, 6.45) is 4.82. The molecule has 0 unspecified atom stereocenters. The fourth-order valence-corrected chi connectivity index (χ4v) is 4.61. The molecular weight excluding hydrogens is 366 g/mol.